The topological polar surface area (TPSA) is 91.3 Å². The highest BCUT2D eigenvalue weighted by molar-refractivity contribution is 5.90. The number of nitrogens with zero attached hydrogens (tertiary/aromatic N) is 1. The van der Waals surface area contributed by atoms with Gasteiger partial charge in [0.2, 0.25) is 5.91 Å². The Kier molecular flexibility index (Phi) is 3.88. The summed E-state index contributed by atoms with van der Waals surface area (Å²) < 4.78 is 0. The van der Waals surface area contributed by atoms with E-state index in [2.05, 4.69) is 15.6 Å². The molecule has 1 aliphatic rings. The molecule has 2 heterocycles. The number of hydrogen-bond donors (Lipinski definition) is 3. The van der Waals surface area contributed by atoms with Gasteiger partial charge in [0.05, 0.1) is 0 Å². The van der Waals surface area contributed by atoms with Crippen molar-refractivity contribution in [2.75, 3.05) is 11.9 Å². The van der Waals surface area contributed by atoms with Crippen molar-refractivity contribution >= 4 is 17.6 Å². The number of aliphatic carboxylic acids is 1. The molecule has 0 saturated carbocycles. The maximum absolute atomic E-state index is 11.7. The molecular weight excluding hydrogens is 234 g/mol. The SMILES string of the molecule is O=C(CC1CNC(C(=O)O)C1)Nc1ccncc1. The molecule has 1 fully saturated rings. The number of carbonyl (C=O) groups is 2. The first-order chi connectivity index (χ1) is 8.65. The first-order valence-corrected chi connectivity index (χ1v) is 5.81. The lowest BCUT2D eigenvalue weighted by Crippen LogP contribution is -2.29. The lowest BCUT2D eigenvalue weighted by molar-refractivity contribution is -0.139. The molecule has 0 aromatic carbocycles. The predicted octanol–water partition coefficient (Wildman–Crippen LogP) is 0.473. The number of nitrogens with one attached hydrogen (secondary N) is 2. The van der Waals surface area contributed by atoms with E-state index in [0.717, 1.165) is 0 Å². The second kappa shape index (κ2) is 5.59. The highest BCUT2D eigenvalue weighted by Gasteiger charge is 2.30. The second-order valence-electron chi connectivity index (χ2n) is 4.39. The predicted molar refractivity (Wildman–Crippen MR) is 65.0 cm³/mol. The normalized spacial score (nSPS) is 22.7. The van der Waals surface area contributed by atoms with E-state index in [1.165, 1.54) is 0 Å². The molecule has 18 heavy (non-hydrogen) atoms. The van der Waals surface area contributed by atoms with Crippen molar-refractivity contribution in [3.8, 4) is 0 Å². The molecule has 0 spiro atoms. The van der Waals surface area contributed by atoms with E-state index in [1.807, 2.05) is 0 Å². The number of anilines is 1. The Morgan fingerprint density at radius 3 is 2.78 bits per heavy atom. The fraction of sp³-hybridized carbons (Fsp3) is 0.417. The smallest absolute Gasteiger partial charge is 0.320 e. The van der Waals surface area contributed by atoms with Crippen LogP contribution in [-0.4, -0.2) is 34.6 Å². The van der Waals surface area contributed by atoms with E-state index in [-0.39, 0.29) is 11.8 Å². The number of amides is 1. The number of pyridine rings is 1. The number of aromatic nitrogens is 1. The van der Waals surface area contributed by atoms with Gasteiger partial charge in [-0.25, -0.2) is 0 Å². The van der Waals surface area contributed by atoms with Crippen LogP contribution in [0.25, 0.3) is 0 Å². The number of rotatable bonds is 4. The summed E-state index contributed by atoms with van der Waals surface area (Å²) in [4.78, 5) is 26.4. The average molecular weight is 249 g/mol. The molecular formula is C12H15N3O3. The van der Waals surface area contributed by atoms with Crippen molar-refractivity contribution in [3.05, 3.63) is 24.5 Å². The number of hydrogen-bond acceptors (Lipinski definition) is 4. The maximum atomic E-state index is 11.7. The summed E-state index contributed by atoms with van der Waals surface area (Å²) in [5, 5.41) is 14.5. The Morgan fingerprint density at radius 1 is 1.44 bits per heavy atom. The zero-order chi connectivity index (χ0) is 13.0. The Bertz CT molecular complexity index is 435. The van der Waals surface area contributed by atoms with E-state index < -0.39 is 12.0 Å². The molecule has 1 aliphatic heterocycles. The van der Waals surface area contributed by atoms with Gasteiger partial charge in [0.15, 0.2) is 0 Å². The molecule has 0 bridgehead atoms. The van der Waals surface area contributed by atoms with Gasteiger partial charge in [0.1, 0.15) is 6.04 Å². The quantitative estimate of drug-likeness (QED) is 0.721. The van der Waals surface area contributed by atoms with Crippen molar-refractivity contribution in [1.82, 2.24) is 10.3 Å². The van der Waals surface area contributed by atoms with Crippen LogP contribution in [0, 0.1) is 5.92 Å². The van der Waals surface area contributed by atoms with Crippen molar-refractivity contribution in [3.63, 3.8) is 0 Å². The molecule has 6 nitrogen and oxygen atoms in total. The first kappa shape index (κ1) is 12.5. The molecule has 0 aliphatic carbocycles. The summed E-state index contributed by atoms with van der Waals surface area (Å²) in [5.41, 5.74) is 0.704. The second-order valence-corrected chi connectivity index (χ2v) is 4.39. The van der Waals surface area contributed by atoms with Crippen LogP contribution >= 0.6 is 0 Å². The third-order valence-corrected chi connectivity index (χ3v) is 2.96. The van der Waals surface area contributed by atoms with Gasteiger partial charge in [-0.2, -0.15) is 0 Å². The Morgan fingerprint density at radius 2 is 2.17 bits per heavy atom. The zero-order valence-electron chi connectivity index (χ0n) is 9.80. The van der Waals surface area contributed by atoms with Crippen LogP contribution in [0.2, 0.25) is 0 Å². The molecule has 3 N–H and O–H groups in total. The van der Waals surface area contributed by atoms with Crippen molar-refractivity contribution < 1.29 is 14.7 Å². The summed E-state index contributed by atoms with van der Waals surface area (Å²) in [6.45, 7) is 0.570. The van der Waals surface area contributed by atoms with Crippen LogP contribution in [0.1, 0.15) is 12.8 Å². The van der Waals surface area contributed by atoms with Gasteiger partial charge in [-0.05, 0) is 31.0 Å². The van der Waals surface area contributed by atoms with Gasteiger partial charge in [0, 0.05) is 24.5 Å². The monoisotopic (exact) mass is 249 g/mol. The summed E-state index contributed by atoms with van der Waals surface area (Å²) in [6, 6.07) is 2.90. The van der Waals surface area contributed by atoms with Gasteiger partial charge in [-0.1, -0.05) is 0 Å². The molecule has 1 amide bonds. The Balaban J connectivity index is 1.80. The van der Waals surface area contributed by atoms with Crippen molar-refractivity contribution in [2.45, 2.75) is 18.9 Å². The minimum Gasteiger partial charge on any atom is -0.480 e. The van der Waals surface area contributed by atoms with Gasteiger partial charge in [-0.15, -0.1) is 0 Å². The van der Waals surface area contributed by atoms with Gasteiger partial charge < -0.3 is 15.7 Å². The van der Waals surface area contributed by atoms with Crippen LogP contribution in [0.4, 0.5) is 5.69 Å². The largest absolute Gasteiger partial charge is 0.480 e. The highest BCUT2D eigenvalue weighted by Crippen LogP contribution is 2.18. The standard InChI is InChI=1S/C12H15N3O3/c16-11(15-9-1-3-13-4-2-9)6-8-5-10(12(17)18)14-7-8/h1-4,8,10,14H,5-7H2,(H,17,18)(H,13,15,16). The summed E-state index contributed by atoms with van der Waals surface area (Å²) in [7, 11) is 0. The fourth-order valence-corrected chi connectivity index (χ4v) is 2.06. The van der Waals surface area contributed by atoms with Crippen LogP contribution in [0.15, 0.2) is 24.5 Å². The molecule has 2 atom stereocenters. The minimum atomic E-state index is -0.855. The minimum absolute atomic E-state index is 0.0768. The third-order valence-electron chi connectivity index (χ3n) is 2.96. The van der Waals surface area contributed by atoms with E-state index >= 15 is 0 Å². The molecule has 96 valence electrons. The number of carbonyl (C=O) groups excluding carboxylic acids is 1. The fourth-order valence-electron chi connectivity index (χ4n) is 2.06. The maximum Gasteiger partial charge on any atom is 0.320 e. The summed E-state index contributed by atoms with van der Waals surface area (Å²) in [6.07, 6.45) is 4.04. The van der Waals surface area contributed by atoms with E-state index in [0.29, 0.717) is 25.1 Å². The van der Waals surface area contributed by atoms with E-state index in [1.54, 1.807) is 24.5 Å². The van der Waals surface area contributed by atoms with E-state index in [4.69, 9.17) is 5.11 Å². The van der Waals surface area contributed by atoms with Crippen molar-refractivity contribution in [2.24, 2.45) is 5.92 Å². The van der Waals surface area contributed by atoms with Crippen LogP contribution in [0.3, 0.4) is 0 Å². The molecule has 1 saturated heterocycles. The number of carboxylic acids is 1. The van der Waals surface area contributed by atoms with Crippen LogP contribution < -0.4 is 10.6 Å². The van der Waals surface area contributed by atoms with Gasteiger partial charge in [-0.3, -0.25) is 14.6 Å². The lowest BCUT2D eigenvalue weighted by atomic mass is 10.0. The molecule has 1 aromatic heterocycles. The summed E-state index contributed by atoms with van der Waals surface area (Å²) >= 11 is 0. The average Bonchev–Trinajstić information content (AvgIpc) is 2.78. The molecule has 2 rings (SSSR count). The Hall–Kier alpha value is -1.95. The van der Waals surface area contributed by atoms with Gasteiger partial charge >= 0.3 is 5.97 Å². The third kappa shape index (κ3) is 3.27. The van der Waals surface area contributed by atoms with Crippen LogP contribution in [0.5, 0.6) is 0 Å². The first-order valence-electron chi connectivity index (χ1n) is 5.81. The zero-order valence-corrected chi connectivity index (χ0v) is 9.80. The molecule has 1 aromatic rings. The lowest BCUT2D eigenvalue weighted by Gasteiger charge is -2.09. The summed E-state index contributed by atoms with van der Waals surface area (Å²) in [5.74, 6) is -0.876. The number of carboxylic acid groups (broad SMARTS) is 1. The molecule has 0 radical (unpaired) electrons. The van der Waals surface area contributed by atoms with Crippen LogP contribution in [-0.2, 0) is 9.59 Å². The molecule has 2 unspecified atom stereocenters. The van der Waals surface area contributed by atoms with Gasteiger partial charge in [0.25, 0.3) is 0 Å². The van der Waals surface area contributed by atoms with Crippen molar-refractivity contribution in [1.29, 1.82) is 0 Å². The van der Waals surface area contributed by atoms with E-state index in [9.17, 15) is 9.59 Å². The molecule has 6 heteroatoms. The highest BCUT2D eigenvalue weighted by atomic mass is 16.4. The Labute approximate surface area is 104 Å².